The maximum absolute atomic E-state index is 13.3. The van der Waals surface area contributed by atoms with Crippen LogP contribution in [-0.2, 0) is 20.8 Å². The lowest BCUT2D eigenvalue weighted by molar-refractivity contribution is -0.143. The van der Waals surface area contributed by atoms with E-state index in [0.29, 0.717) is 30.7 Å². The van der Waals surface area contributed by atoms with Gasteiger partial charge in [-0.05, 0) is 68.7 Å². The minimum absolute atomic E-state index is 0.0403. The molecule has 0 aliphatic carbocycles. The number of hydrogen-bond donors (Lipinski definition) is 6. The molecule has 0 aliphatic rings. The standard InChI is InChI=1S/C38H58N4O7/c1-10-25(6)34(36(46)42-33(24(4)5)37(47)48)41-32(44)21-31(43)29(19-26-15-12-11-13-16-26)39-22-30(23(2)3)40-35(45)27-17-14-18-28(20-27)49-38(7,8)9/h11-18,20,23-25,29-31,33-34,39,43H,10,19,21-22H2,1-9H3,(H,40,45)(H,41,44)(H,42,46)(H,47,48)/t25-,29-,30+,31-,33-,34-/m0/s1. The normalized spacial score (nSPS) is 15.4. The molecule has 6 atom stereocenters. The lowest BCUT2D eigenvalue weighted by atomic mass is 9.95. The summed E-state index contributed by atoms with van der Waals surface area (Å²) < 4.78 is 5.93. The van der Waals surface area contributed by atoms with Crippen molar-refractivity contribution in [2.75, 3.05) is 6.54 Å². The number of rotatable bonds is 19. The number of amides is 3. The summed E-state index contributed by atoms with van der Waals surface area (Å²) in [5, 5.41) is 32.8. The van der Waals surface area contributed by atoms with Gasteiger partial charge in [-0.3, -0.25) is 14.4 Å². The predicted octanol–water partition coefficient (Wildman–Crippen LogP) is 4.33. The number of nitrogens with one attached hydrogen (secondary N) is 4. The number of aliphatic hydroxyl groups is 1. The fourth-order valence-corrected chi connectivity index (χ4v) is 5.27. The second kappa shape index (κ2) is 19.3. The monoisotopic (exact) mass is 682 g/mol. The average Bonchev–Trinajstić information content (AvgIpc) is 3.02. The summed E-state index contributed by atoms with van der Waals surface area (Å²) in [6, 6.07) is 13.7. The molecule has 0 saturated heterocycles. The molecule has 0 heterocycles. The molecule has 0 bridgehead atoms. The summed E-state index contributed by atoms with van der Waals surface area (Å²) in [4.78, 5) is 51.5. The van der Waals surface area contributed by atoms with Gasteiger partial charge in [-0.1, -0.05) is 84.4 Å². The number of carbonyl (C=O) groups is 4. The molecule has 0 saturated carbocycles. The molecule has 0 spiro atoms. The number of aliphatic hydroxyl groups excluding tert-OH is 1. The Hall–Kier alpha value is -3.96. The highest BCUT2D eigenvalue weighted by Gasteiger charge is 2.32. The van der Waals surface area contributed by atoms with Crippen LogP contribution in [0.15, 0.2) is 54.6 Å². The highest BCUT2D eigenvalue weighted by molar-refractivity contribution is 5.94. The molecule has 0 aliphatic heterocycles. The van der Waals surface area contributed by atoms with Gasteiger partial charge in [0.2, 0.25) is 11.8 Å². The summed E-state index contributed by atoms with van der Waals surface area (Å²) >= 11 is 0. The molecule has 49 heavy (non-hydrogen) atoms. The smallest absolute Gasteiger partial charge is 0.326 e. The van der Waals surface area contributed by atoms with Crippen LogP contribution in [0.5, 0.6) is 5.75 Å². The van der Waals surface area contributed by atoms with Gasteiger partial charge in [-0.25, -0.2) is 4.79 Å². The molecule has 2 rings (SSSR count). The van der Waals surface area contributed by atoms with Gasteiger partial charge in [0.1, 0.15) is 23.4 Å². The first kappa shape index (κ1) is 41.2. The number of ether oxygens (including phenoxy) is 1. The third-order valence-electron chi connectivity index (χ3n) is 8.44. The van der Waals surface area contributed by atoms with Crippen LogP contribution in [0, 0.1) is 17.8 Å². The van der Waals surface area contributed by atoms with E-state index in [1.54, 1.807) is 39.0 Å². The molecular formula is C38H58N4O7. The van der Waals surface area contributed by atoms with Crippen molar-refractivity contribution in [2.45, 2.75) is 117 Å². The molecule has 11 heteroatoms. The number of carboxylic acid groups (broad SMARTS) is 1. The molecule has 0 radical (unpaired) electrons. The Bertz CT molecular complexity index is 1360. The molecule has 0 unspecified atom stereocenters. The van der Waals surface area contributed by atoms with Crippen molar-refractivity contribution >= 4 is 23.7 Å². The maximum atomic E-state index is 13.3. The third-order valence-corrected chi connectivity index (χ3v) is 8.44. The van der Waals surface area contributed by atoms with Gasteiger partial charge in [0.15, 0.2) is 0 Å². The maximum Gasteiger partial charge on any atom is 0.326 e. The summed E-state index contributed by atoms with van der Waals surface area (Å²) in [6.45, 7) is 17.2. The Labute approximate surface area is 292 Å². The molecule has 11 nitrogen and oxygen atoms in total. The SMILES string of the molecule is CC[C@H](C)[C@H](NC(=O)C[C@H](O)[C@H](Cc1ccccc1)NC[C@@H](NC(=O)c1cccc(OC(C)(C)C)c1)C(C)C)C(=O)N[C@H](C(=O)O)C(C)C. The molecular weight excluding hydrogens is 624 g/mol. The minimum Gasteiger partial charge on any atom is -0.488 e. The van der Waals surface area contributed by atoms with Crippen LogP contribution in [0.2, 0.25) is 0 Å². The van der Waals surface area contributed by atoms with Crippen molar-refractivity contribution in [1.82, 2.24) is 21.3 Å². The van der Waals surface area contributed by atoms with E-state index < -0.39 is 47.6 Å². The Morgan fingerprint density at radius 1 is 0.816 bits per heavy atom. The molecule has 0 fully saturated rings. The van der Waals surface area contributed by atoms with E-state index in [1.165, 1.54) is 0 Å². The summed E-state index contributed by atoms with van der Waals surface area (Å²) in [7, 11) is 0. The van der Waals surface area contributed by atoms with Crippen LogP contribution in [0.3, 0.4) is 0 Å². The highest BCUT2D eigenvalue weighted by Crippen LogP contribution is 2.20. The van der Waals surface area contributed by atoms with Gasteiger partial charge >= 0.3 is 5.97 Å². The quantitative estimate of drug-likeness (QED) is 0.127. The number of aliphatic carboxylic acids is 1. The van der Waals surface area contributed by atoms with E-state index in [9.17, 15) is 29.4 Å². The highest BCUT2D eigenvalue weighted by atomic mass is 16.5. The molecule has 2 aromatic carbocycles. The first-order valence-corrected chi connectivity index (χ1v) is 17.3. The van der Waals surface area contributed by atoms with E-state index in [-0.39, 0.29) is 36.1 Å². The van der Waals surface area contributed by atoms with E-state index in [1.807, 2.05) is 77.9 Å². The number of benzene rings is 2. The van der Waals surface area contributed by atoms with E-state index in [4.69, 9.17) is 4.74 Å². The minimum atomic E-state index is -1.15. The third kappa shape index (κ3) is 14.2. The van der Waals surface area contributed by atoms with Gasteiger partial charge in [0.05, 0.1) is 12.5 Å². The zero-order valence-electron chi connectivity index (χ0n) is 30.6. The van der Waals surface area contributed by atoms with Crippen LogP contribution in [0.1, 0.15) is 91.1 Å². The van der Waals surface area contributed by atoms with Crippen molar-refractivity contribution < 1.29 is 34.1 Å². The second-order valence-electron chi connectivity index (χ2n) is 14.5. The molecule has 2 aromatic rings. The van der Waals surface area contributed by atoms with Crippen molar-refractivity contribution in [2.24, 2.45) is 17.8 Å². The van der Waals surface area contributed by atoms with Gasteiger partial charge < -0.3 is 36.2 Å². The van der Waals surface area contributed by atoms with Gasteiger partial charge in [-0.2, -0.15) is 0 Å². The molecule has 6 N–H and O–H groups in total. The van der Waals surface area contributed by atoms with Crippen molar-refractivity contribution in [3.05, 3.63) is 65.7 Å². The molecule has 272 valence electrons. The zero-order valence-corrected chi connectivity index (χ0v) is 30.6. The van der Waals surface area contributed by atoms with Crippen LogP contribution >= 0.6 is 0 Å². The van der Waals surface area contributed by atoms with Crippen molar-refractivity contribution in [3.63, 3.8) is 0 Å². The Kier molecular flexibility index (Phi) is 16.2. The fraction of sp³-hybridized carbons (Fsp3) is 0.579. The largest absolute Gasteiger partial charge is 0.488 e. The predicted molar refractivity (Wildman–Crippen MR) is 191 cm³/mol. The number of hydrogen-bond acceptors (Lipinski definition) is 7. The number of carbonyl (C=O) groups excluding carboxylic acids is 3. The first-order chi connectivity index (χ1) is 22.9. The fourth-order valence-electron chi connectivity index (χ4n) is 5.27. The van der Waals surface area contributed by atoms with Gasteiger partial charge in [-0.15, -0.1) is 0 Å². The topological polar surface area (TPSA) is 166 Å². The Morgan fingerprint density at radius 3 is 2.02 bits per heavy atom. The Balaban J connectivity index is 2.19. The first-order valence-electron chi connectivity index (χ1n) is 17.3. The van der Waals surface area contributed by atoms with Crippen LogP contribution in [0.25, 0.3) is 0 Å². The van der Waals surface area contributed by atoms with Crippen LogP contribution in [-0.4, -0.2) is 76.3 Å². The lowest BCUT2D eigenvalue weighted by Gasteiger charge is -2.30. The van der Waals surface area contributed by atoms with Gasteiger partial charge in [0, 0.05) is 24.2 Å². The van der Waals surface area contributed by atoms with Crippen molar-refractivity contribution in [1.29, 1.82) is 0 Å². The summed E-state index contributed by atoms with van der Waals surface area (Å²) in [5.74, 6) is -2.51. The zero-order chi connectivity index (χ0) is 36.9. The van der Waals surface area contributed by atoms with E-state index in [0.717, 1.165) is 5.56 Å². The van der Waals surface area contributed by atoms with Gasteiger partial charge in [0.25, 0.3) is 5.91 Å². The molecule has 3 amide bonds. The lowest BCUT2D eigenvalue weighted by Crippen LogP contribution is -2.56. The Morgan fingerprint density at radius 2 is 1.47 bits per heavy atom. The van der Waals surface area contributed by atoms with Crippen molar-refractivity contribution in [3.8, 4) is 5.75 Å². The second-order valence-corrected chi connectivity index (χ2v) is 14.5. The number of carboxylic acids is 1. The van der Waals surface area contributed by atoms with Crippen LogP contribution in [0.4, 0.5) is 0 Å². The summed E-state index contributed by atoms with van der Waals surface area (Å²) in [6.07, 6.45) is -0.465. The van der Waals surface area contributed by atoms with E-state index in [2.05, 4.69) is 21.3 Å². The van der Waals surface area contributed by atoms with Crippen LogP contribution < -0.4 is 26.0 Å². The van der Waals surface area contributed by atoms with E-state index >= 15 is 0 Å². The average molecular weight is 683 g/mol. The molecule has 0 aromatic heterocycles. The summed E-state index contributed by atoms with van der Waals surface area (Å²) in [5.41, 5.74) is 1.00.